The lowest BCUT2D eigenvalue weighted by Crippen LogP contribution is -2.30. The van der Waals surface area contributed by atoms with Crippen LogP contribution in [0.2, 0.25) is 0 Å². The molecule has 1 unspecified atom stereocenters. The van der Waals surface area contributed by atoms with Crippen LogP contribution in [0.25, 0.3) is 0 Å². The predicted octanol–water partition coefficient (Wildman–Crippen LogP) is -0.288. The molecule has 1 aromatic rings. The SMILES string of the molecule is NC(=O)c1ccc(NC(=O)CCC2NC(=O)NC2=O)cc1. The van der Waals surface area contributed by atoms with Crippen LogP contribution in [0, 0.1) is 0 Å². The van der Waals surface area contributed by atoms with Crippen LogP contribution >= 0.6 is 0 Å². The second-order valence-corrected chi connectivity index (χ2v) is 4.54. The van der Waals surface area contributed by atoms with Crippen LogP contribution in [0.4, 0.5) is 10.5 Å². The molecule has 0 aromatic heterocycles. The van der Waals surface area contributed by atoms with Crippen LogP contribution in [0.15, 0.2) is 24.3 Å². The second kappa shape index (κ2) is 6.04. The van der Waals surface area contributed by atoms with E-state index in [0.29, 0.717) is 11.3 Å². The van der Waals surface area contributed by atoms with Crippen LogP contribution in [0.1, 0.15) is 23.2 Å². The number of imide groups is 1. The monoisotopic (exact) mass is 290 g/mol. The van der Waals surface area contributed by atoms with Crippen molar-refractivity contribution in [3.05, 3.63) is 29.8 Å². The fourth-order valence-corrected chi connectivity index (χ4v) is 1.88. The first-order valence-corrected chi connectivity index (χ1v) is 6.27. The Morgan fingerprint density at radius 1 is 1.19 bits per heavy atom. The molecule has 0 aliphatic carbocycles. The number of hydrogen-bond acceptors (Lipinski definition) is 4. The molecule has 0 spiro atoms. The molecule has 0 bridgehead atoms. The van der Waals surface area contributed by atoms with Gasteiger partial charge in [0.15, 0.2) is 0 Å². The Labute approximate surface area is 120 Å². The number of carbonyl (C=O) groups excluding carboxylic acids is 4. The molecule has 1 saturated heterocycles. The van der Waals surface area contributed by atoms with E-state index in [0.717, 1.165) is 0 Å². The number of nitrogens with one attached hydrogen (secondary N) is 3. The zero-order valence-electron chi connectivity index (χ0n) is 11.0. The van der Waals surface area contributed by atoms with Gasteiger partial charge >= 0.3 is 6.03 Å². The molecule has 110 valence electrons. The predicted molar refractivity (Wildman–Crippen MR) is 73.3 cm³/mol. The van der Waals surface area contributed by atoms with Gasteiger partial charge in [-0.2, -0.15) is 0 Å². The lowest BCUT2D eigenvalue weighted by molar-refractivity contribution is -0.120. The fraction of sp³-hybridized carbons (Fsp3) is 0.231. The molecule has 8 heteroatoms. The molecule has 5 amide bonds. The van der Waals surface area contributed by atoms with Crippen molar-refractivity contribution in [3.63, 3.8) is 0 Å². The van der Waals surface area contributed by atoms with Gasteiger partial charge in [0.2, 0.25) is 11.8 Å². The highest BCUT2D eigenvalue weighted by molar-refractivity contribution is 6.04. The highest BCUT2D eigenvalue weighted by atomic mass is 16.2. The Hall–Kier alpha value is -2.90. The summed E-state index contributed by atoms with van der Waals surface area (Å²) in [5.74, 6) is -1.27. The minimum atomic E-state index is -0.680. The van der Waals surface area contributed by atoms with E-state index in [4.69, 9.17) is 5.73 Å². The largest absolute Gasteiger partial charge is 0.366 e. The van der Waals surface area contributed by atoms with E-state index in [9.17, 15) is 19.2 Å². The van der Waals surface area contributed by atoms with Crippen LogP contribution in [0.5, 0.6) is 0 Å². The van der Waals surface area contributed by atoms with E-state index < -0.39 is 23.9 Å². The van der Waals surface area contributed by atoms with E-state index >= 15 is 0 Å². The van der Waals surface area contributed by atoms with Crippen molar-refractivity contribution >= 4 is 29.4 Å². The van der Waals surface area contributed by atoms with Crippen molar-refractivity contribution in [2.75, 3.05) is 5.32 Å². The lowest BCUT2D eigenvalue weighted by atomic mass is 10.1. The van der Waals surface area contributed by atoms with E-state index in [-0.39, 0.29) is 18.7 Å². The number of rotatable bonds is 5. The maximum Gasteiger partial charge on any atom is 0.322 e. The Balaban J connectivity index is 1.83. The summed E-state index contributed by atoms with van der Waals surface area (Å²) < 4.78 is 0. The molecular weight excluding hydrogens is 276 g/mol. The summed E-state index contributed by atoms with van der Waals surface area (Å²) in [6, 6.07) is 4.89. The summed E-state index contributed by atoms with van der Waals surface area (Å²) in [5.41, 5.74) is 5.97. The van der Waals surface area contributed by atoms with Crippen molar-refractivity contribution in [1.29, 1.82) is 0 Å². The number of amides is 5. The Morgan fingerprint density at radius 3 is 2.38 bits per heavy atom. The first-order chi connectivity index (χ1) is 9.95. The maximum atomic E-state index is 11.7. The average Bonchev–Trinajstić information content (AvgIpc) is 2.75. The first-order valence-electron chi connectivity index (χ1n) is 6.27. The number of anilines is 1. The van der Waals surface area contributed by atoms with Crippen molar-refractivity contribution < 1.29 is 19.2 Å². The van der Waals surface area contributed by atoms with Gasteiger partial charge < -0.3 is 16.4 Å². The number of urea groups is 1. The molecule has 5 N–H and O–H groups in total. The summed E-state index contributed by atoms with van der Waals surface area (Å²) in [7, 11) is 0. The molecule has 2 rings (SSSR count). The quantitative estimate of drug-likeness (QED) is 0.555. The van der Waals surface area contributed by atoms with Crippen molar-refractivity contribution in [3.8, 4) is 0 Å². The summed E-state index contributed by atoms with van der Waals surface area (Å²) in [5, 5.41) is 7.13. The van der Waals surface area contributed by atoms with Crippen LogP contribution in [-0.2, 0) is 9.59 Å². The van der Waals surface area contributed by atoms with Gasteiger partial charge in [-0.3, -0.25) is 19.7 Å². The third-order valence-electron chi connectivity index (χ3n) is 2.97. The minimum Gasteiger partial charge on any atom is -0.366 e. The average molecular weight is 290 g/mol. The minimum absolute atomic E-state index is 0.0793. The molecule has 8 nitrogen and oxygen atoms in total. The van der Waals surface area contributed by atoms with E-state index in [2.05, 4.69) is 16.0 Å². The summed E-state index contributed by atoms with van der Waals surface area (Å²) in [4.78, 5) is 44.8. The molecule has 1 aromatic carbocycles. The van der Waals surface area contributed by atoms with Crippen molar-refractivity contribution in [2.24, 2.45) is 5.73 Å². The Kier molecular flexibility index (Phi) is 4.17. The van der Waals surface area contributed by atoms with Gasteiger partial charge in [-0.15, -0.1) is 0 Å². The number of hydrogen-bond donors (Lipinski definition) is 4. The van der Waals surface area contributed by atoms with Gasteiger partial charge in [0.05, 0.1) is 0 Å². The highest BCUT2D eigenvalue weighted by Gasteiger charge is 2.29. The van der Waals surface area contributed by atoms with Crippen LogP contribution in [-0.4, -0.2) is 29.8 Å². The van der Waals surface area contributed by atoms with E-state index in [1.165, 1.54) is 12.1 Å². The number of benzene rings is 1. The summed E-state index contributed by atoms with van der Waals surface area (Å²) in [6.07, 6.45) is 0.290. The van der Waals surface area contributed by atoms with Gasteiger partial charge in [-0.05, 0) is 30.7 Å². The fourth-order valence-electron chi connectivity index (χ4n) is 1.88. The number of primary amides is 1. The third-order valence-corrected chi connectivity index (χ3v) is 2.97. The standard InChI is InChI=1S/C13H14N4O4/c14-11(19)7-1-3-8(4-2-7)15-10(18)6-5-9-12(20)17-13(21)16-9/h1-4,9H,5-6H2,(H2,14,19)(H,15,18)(H2,16,17,20,21). The molecule has 21 heavy (non-hydrogen) atoms. The topological polar surface area (TPSA) is 130 Å². The lowest BCUT2D eigenvalue weighted by Gasteiger charge is -2.08. The van der Waals surface area contributed by atoms with Gasteiger partial charge in [-0.25, -0.2) is 4.79 Å². The summed E-state index contributed by atoms with van der Waals surface area (Å²) in [6.45, 7) is 0. The Morgan fingerprint density at radius 2 is 1.86 bits per heavy atom. The number of nitrogens with two attached hydrogens (primary N) is 1. The maximum absolute atomic E-state index is 11.7. The molecular formula is C13H14N4O4. The van der Waals surface area contributed by atoms with Crippen LogP contribution < -0.4 is 21.7 Å². The normalized spacial score (nSPS) is 17.0. The molecule has 1 fully saturated rings. The first kappa shape index (κ1) is 14.5. The third kappa shape index (κ3) is 3.78. The smallest absolute Gasteiger partial charge is 0.322 e. The van der Waals surface area contributed by atoms with Gasteiger partial charge in [-0.1, -0.05) is 0 Å². The van der Waals surface area contributed by atoms with Gasteiger partial charge in [0.25, 0.3) is 5.91 Å². The van der Waals surface area contributed by atoms with Crippen molar-refractivity contribution in [2.45, 2.75) is 18.9 Å². The Bertz CT molecular complexity index is 597. The summed E-state index contributed by atoms with van der Waals surface area (Å²) >= 11 is 0. The van der Waals surface area contributed by atoms with E-state index in [1.54, 1.807) is 12.1 Å². The highest BCUT2D eigenvalue weighted by Crippen LogP contribution is 2.11. The van der Waals surface area contributed by atoms with E-state index in [1.807, 2.05) is 0 Å². The molecule has 1 heterocycles. The molecule has 1 aliphatic rings. The van der Waals surface area contributed by atoms with Gasteiger partial charge in [0, 0.05) is 17.7 Å². The van der Waals surface area contributed by atoms with Crippen LogP contribution in [0.3, 0.4) is 0 Å². The molecule has 1 atom stereocenters. The zero-order valence-corrected chi connectivity index (χ0v) is 11.0. The number of carbonyl (C=O) groups is 4. The van der Waals surface area contributed by atoms with Crippen molar-refractivity contribution in [1.82, 2.24) is 10.6 Å². The zero-order chi connectivity index (χ0) is 15.4. The second-order valence-electron chi connectivity index (χ2n) is 4.54. The molecule has 0 saturated carbocycles. The molecule has 0 radical (unpaired) electrons. The van der Waals surface area contributed by atoms with Gasteiger partial charge in [0.1, 0.15) is 6.04 Å². The molecule has 1 aliphatic heterocycles.